The second-order valence-corrected chi connectivity index (χ2v) is 5.41. The van der Waals surface area contributed by atoms with Gasteiger partial charge in [-0.2, -0.15) is 0 Å². The molecule has 1 aromatic carbocycles. The van der Waals surface area contributed by atoms with Crippen molar-refractivity contribution in [2.75, 3.05) is 33.9 Å². The van der Waals surface area contributed by atoms with Gasteiger partial charge in [-0.15, -0.1) is 12.4 Å². The van der Waals surface area contributed by atoms with Gasteiger partial charge in [-0.1, -0.05) is 0 Å². The van der Waals surface area contributed by atoms with Crippen molar-refractivity contribution in [2.45, 2.75) is 18.9 Å². The number of rotatable bonds is 6. The number of carbonyl (C=O) groups is 1. The Balaban J connectivity index is 0.00000264. The fourth-order valence-electron chi connectivity index (χ4n) is 2.63. The quantitative estimate of drug-likeness (QED) is 0.724. The molecule has 0 radical (unpaired) electrons. The molecular formula is C16H25ClN2O4. The van der Waals surface area contributed by atoms with Crippen molar-refractivity contribution in [3.63, 3.8) is 0 Å². The smallest absolute Gasteiger partial charge is 0.224 e. The lowest BCUT2D eigenvalue weighted by molar-refractivity contribution is -0.125. The zero-order chi connectivity index (χ0) is 15.9. The summed E-state index contributed by atoms with van der Waals surface area (Å²) in [6.45, 7) is 1.82. The highest BCUT2D eigenvalue weighted by Gasteiger charge is 2.22. The van der Waals surface area contributed by atoms with E-state index in [-0.39, 0.29) is 30.8 Å². The lowest BCUT2D eigenvalue weighted by Crippen LogP contribution is -2.41. The summed E-state index contributed by atoms with van der Waals surface area (Å²) in [5.41, 5.74) is 0.601. The van der Waals surface area contributed by atoms with E-state index in [1.165, 1.54) is 0 Å². The second kappa shape index (κ2) is 9.60. The molecule has 2 atom stereocenters. The summed E-state index contributed by atoms with van der Waals surface area (Å²) in [5, 5.41) is 16.4. The molecule has 23 heavy (non-hydrogen) atoms. The van der Waals surface area contributed by atoms with Gasteiger partial charge in [0, 0.05) is 18.7 Å². The predicted octanol–water partition coefficient (Wildman–Crippen LogP) is 1.27. The minimum atomic E-state index is -0.842. The molecule has 3 N–H and O–H groups in total. The summed E-state index contributed by atoms with van der Waals surface area (Å²) >= 11 is 0. The van der Waals surface area contributed by atoms with Crippen molar-refractivity contribution in [1.82, 2.24) is 10.6 Å². The Morgan fingerprint density at radius 1 is 1.43 bits per heavy atom. The number of benzene rings is 1. The Kier molecular flexibility index (Phi) is 8.16. The molecule has 0 aromatic heterocycles. The fourth-order valence-corrected chi connectivity index (χ4v) is 2.63. The van der Waals surface area contributed by atoms with Gasteiger partial charge < -0.3 is 25.2 Å². The Hall–Kier alpha value is -1.50. The Morgan fingerprint density at radius 3 is 2.83 bits per heavy atom. The molecule has 1 aromatic rings. The lowest BCUT2D eigenvalue weighted by atomic mass is 9.98. The molecule has 6 nitrogen and oxygen atoms in total. The minimum Gasteiger partial charge on any atom is -0.497 e. The number of methoxy groups -OCH3 is 2. The molecule has 1 amide bonds. The van der Waals surface area contributed by atoms with E-state index >= 15 is 0 Å². The third kappa shape index (κ3) is 5.27. The standard InChI is InChI=1S/C16H24N2O4.ClH/c1-21-12-5-6-15(22-2)13(8-12)14(19)10-18-16(20)11-4-3-7-17-9-11;/h5-6,8,11,14,17,19H,3-4,7,9-10H2,1-2H3,(H,18,20);1H. The van der Waals surface area contributed by atoms with E-state index in [2.05, 4.69) is 10.6 Å². The van der Waals surface area contributed by atoms with Crippen LogP contribution in [0.5, 0.6) is 11.5 Å². The number of nitrogens with one attached hydrogen (secondary N) is 2. The van der Waals surface area contributed by atoms with Gasteiger partial charge in [-0.25, -0.2) is 0 Å². The summed E-state index contributed by atoms with van der Waals surface area (Å²) < 4.78 is 10.4. The van der Waals surface area contributed by atoms with Crippen LogP contribution in [0.15, 0.2) is 18.2 Å². The van der Waals surface area contributed by atoms with E-state index < -0.39 is 6.10 Å². The van der Waals surface area contributed by atoms with Gasteiger partial charge in [0.1, 0.15) is 11.5 Å². The number of hydrogen-bond donors (Lipinski definition) is 3. The fraction of sp³-hybridized carbons (Fsp3) is 0.562. The zero-order valence-electron chi connectivity index (χ0n) is 13.5. The first-order valence-corrected chi connectivity index (χ1v) is 7.54. The molecule has 1 saturated heterocycles. The van der Waals surface area contributed by atoms with Crippen LogP contribution in [-0.4, -0.2) is 44.9 Å². The van der Waals surface area contributed by atoms with Gasteiger partial charge >= 0.3 is 0 Å². The first-order valence-electron chi connectivity index (χ1n) is 7.54. The van der Waals surface area contributed by atoms with E-state index in [1.54, 1.807) is 32.4 Å². The third-order valence-electron chi connectivity index (χ3n) is 3.93. The van der Waals surface area contributed by atoms with Gasteiger partial charge in [0.25, 0.3) is 0 Å². The van der Waals surface area contributed by atoms with Crippen molar-refractivity contribution in [3.8, 4) is 11.5 Å². The molecule has 0 aliphatic carbocycles. The zero-order valence-corrected chi connectivity index (χ0v) is 14.3. The van der Waals surface area contributed by atoms with E-state index in [4.69, 9.17) is 9.47 Å². The van der Waals surface area contributed by atoms with Crippen molar-refractivity contribution < 1.29 is 19.4 Å². The largest absolute Gasteiger partial charge is 0.497 e. The van der Waals surface area contributed by atoms with E-state index in [0.29, 0.717) is 23.6 Å². The average Bonchev–Trinajstić information content (AvgIpc) is 2.59. The van der Waals surface area contributed by atoms with E-state index in [9.17, 15) is 9.90 Å². The van der Waals surface area contributed by atoms with Gasteiger partial charge in [0.05, 0.1) is 26.2 Å². The number of hydrogen-bond acceptors (Lipinski definition) is 5. The third-order valence-corrected chi connectivity index (χ3v) is 3.93. The molecule has 1 aliphatic heterocycles. The van der Waals surface area contributed by atoms with Crippen LogP contribution in [0.3, 0.4) is 0 Å². The monoisotopic (exact) mass is 344 g/mol. The molecule has 130 valence electrons. The summed E-state index contributed by atoms with van der Waals surface area (Å²) in [6.07, 6.45) is 1.05. The Bertz CT molecular complexity index is 507. The first-order chi connectivity index (χ1) is 10.7. The van der Waals surface area contributed by atoms with Crippen molar-refractivity contribution >= 4 is 18.3 Å². The van der Waals surface area contributed by atoms with Gasteiger partial charge in [-0.3, -0.25) is 4.79 Å². The molecule has 2 unspecified atom stereocenters. The SMILES string of the molecule is COc1ccc(OC)c(C(O)CNC(=O)C2CCCNC2)c1.Cl. The van der Waals surface area contributed by atoms with Gasteiger partial charge in [-0.05, 0) is 37.6 Å². The van der Waals surface area contributed by atoms with Crippen molar-refractivity contribution in [1.29, 1.82) is 0 Å². The van der Waals surface area contributed by atoms with E-state index in [1.807, 2.05) is 0 Å². The Labute approximate surface area is 143 Å². The van der Waals surface area contributed by atoms with Crippen LogP contribution in [0.2, 0.25) is 0 Å². The lowest BCUT2D eigenvalue weighted by Gasteiger charge is -2.23. The average molecular weight is 345 g/mol. The van der Waals surface area contributed by atoms with Crippen LogP contribution in [0.1, 0.15) is 24.5 Å². The summed E-state index contributed by atoms with van der Waals surface area (Å²) in [5.74, 6) is 1.17. The molecule has 0 spiro atoms. The summed E-state index contributed by atoms with van der Waals surface area (Å²) in [6, 6.07) is 5.23. The maximum Gasteiger partial charge on any atom is 0.224 e. The highest BCUT2D eigenvalue weighted by molar-refractivity contribution is 5.85. The summed E-state index contributed by atoms with van der Waals surface area (Å²) in [7, 11) is 3.11. The van der Waals surface area contributed by atoms with Crippen molar-refractivity contribution in [2.24, 2.45) is 5.92 Å². The predicted molar refractivity (Wildman–Crippen MR) is 90.4 cm³/mol. The highest BCUT2D eigenvalue weighted by atomic mass is 35.5. The molecule has 7 heteroatoms. The number of halogens is 1. The number of piperidine rings is 1. The highest BCUT2D eigenvalue weighted by Crippen LogP contribution is 2.29. The molecule has 0 bridgehead atoms. The van der Waals surface area contributed by atoms with Crippen LogP contribution in [0, 0.1) is 5.92 Å². The first kappa shape index (κ1) is 19.5. The normalized spacial score (nSPS) is 18.5. The number of aliphatic hydroxyl groups excluding tert-OH is 1. The number of carbonyl (C=O) groups excluding carboxylic acids is 1. The molecule has 1 heterocycles. The van der Waals surface area contributed by atoms with Crippen molar-refractivity contribution in [3.05, 3.63) is 23.8 Å². The molecular weight excluding hydrogens is 320 g/mol. The number of aliphatic hydroxyl groups is 1. The molecule has 0 saturated carbocycles. The van der Waals surface area contributed by atoms with Crippen LogP contribution in [0.4, 0.5) is 0 Å². The van der Waals surface area contributed by atoms with Gasteiger partial charge in [0.15, 0.2) is 0 Å². The van der Waals surface area contributed by atoms with E-state index in [0.717, 1.165) is 19.4 Å². The van der Waals surface area contributed by atoms with Gasteiger partial charge in [0.2, 0.25) is 5.91 Å². The summed E-state index contributed by atoms with van der Waals surface area (Å²) in [4.78, 5) is 12.1. The Morgan fingerprint density at radius 2 is 2.22 bits per heavy atom. The molecule has 1 aliphatic rings. The molecule has 1 fully saturated rings. The van der Waals surface area contributed by atoms with Crippen LogP contribution in [0.25, 0.3) is 0 Å². The number of ether oxygens (including phenoxy) is 2. The maximum atomic E-state index is 12.1. The maximum absolute atomic E-state index is 12.1. The van der Waals surface area contributed by atoms with Crippen LogP contribution >= 0.6 is 12.4 Å². The minimum absolute atomic E-state index is 0. The van der Waals surface area contributed by atoms with Crippen LogP contribution < -0.4 is 20.1 Å². The molecule has 2 rings (SSSR count). The topological polar surface area (TPSA) is 79.8 Å². The second-order valence-electron chi connectivity index (χ2n) is 5.41. The number of amides is 1. The van der Waals surface area contributed by atoms with Crippen LogP contribution in [-0.2, 0) is 4.79 Å².